The number of ketones is 1. The number of carbonyl (C=O) groups is 1. The second kappa shape index (κ2) is 3.73. The lowest BCUT2D eigenvalue weighted by atomic mass is 10.1. The van der Waals surface area contributed by atoms with Gasteiger partial charge in [0.2, 0.25) is 0 Å². The van der Waals surface area contributed by atoms with Crippen LogP contribution in [0.5, 0.6) is 0 Å². The molecule has 0 N–H and O–H groups in total. The second-order valence-electron chi connectivity index (χ2n) is 3.52. The number of hydrogen-bond acceptors (Lipinski definition) is 2. The Morgan fingerprint density at radius 3 is 2.47 bits per heavy atom. The van der Waals surface area contributed by atoms with Crippen molar-refractivity contribution in [2.75, 3.05) is 0 Å². The molecule has 0 amide bonds. The third-order valence-electron chi connectivity index (χ3n) is 2.27. The molecule has 0 aliphatic heterocycles. The van der Waals surface area contributed by atoms with E-state index >= 15 is 0 Å². The molecular formula is C13H12O2. The first-order valence-corrected chi connectivity index (χ1v) is 4.85. The van der Waals surface area contributed by atoms with Gasteiger partial charge in [0.05, 0.1) is 5.56 Å². The summed E-state index contributed by atoms with van der Waals surface area (Å²) in [5.41, 5.74) is 1.59. The summed E-state index contributed by atoms with van der Waals surface area (Å²) in [6.45, 7) is 3.40. The summed E-state index contributed by atoms with van der Waals surface area (Å²) < 4.78 is 5.54. The first-order valence-electron chi connectivity index (χ1n) is 4.85. The monoisotopic (exact) mass is 200 g/mol. The Morgan fingerprint density at radius 2 is 1.87 bits per heavy atom. The average molecular weight is 200 g/mol. The Bertz CT molecular complexity index is 480. The zero-order valence-electron chi connectivity index (χ0n) is 8.78. The van der Waals surface area contributed by atoms with Crippen molar-refractivity contribution in [3.05, 3.63) is 47.7 Å². The number of Topliss-reactive ketones (excluding diaryl/α,β-unsaturated/α-hetero) is 1. The lowest BCUT2D eigenvalue weighted by Crippen LogP contribution is -1.91. The van der Waals surface area contributed by atoms with E-state index in [2.05, 4.69) is 0 Å². The first kappa shape index (κ1) is 9.71. The van der Waals surface area contributed by atoms with Crippen molar-refractivity contribution in [1.29, 1.82) is 0 Å². The largest absolute Gasteiger partial charge is 0.461 e. The molecule has 0 saturated heterocycles. The number of rotatable bonds is 2. The van der Waals surface area contributed by atoms with Crippen LogP contribution >= 0.6 is 0 Å². The van der Waals surface area contributed by atoms with Gasteiger partial charge in [0, 0.05) is 5.56 Å². The molecule has 1 aromatic heterocycles. The van der Waals surface area contributed by atoms with Gasteiger partial charge in [-0.1, -0.05) is 30.3 Å². The van der Waals surface area contributed by atoms with Crippen molar-refractivity contribution >= 4 is 5.78 Å². The molecule has 0 aliphatic carbocycles. The molecule has 2 rings (SSSR count). The lowest BCUT2D eigenvalue weighted by Gasteiger charge is -1.98. The fraction of sp³-hybridized carbons (Fsp3) is 0.154. The van der Waals surface area contributed by atoms with Crippen molar-refractivity contribution < 1.29 is 9.21 Å². The molecule has 15 heavy (non-hydrogen) atoms. The highest BCUT2D eigenvalue weighted by molar-refractivity contribution is 5.99. The third-order valence-corrected chi connectivity index (χ3v) is 2.27. The molecular weight excluding hydrogens is 188 g/mol. The van der Waals surface area contributed by atoms with Gasteiger partial charge in [0.15, 0.2) is 5.78 Å². The number of furan rings is 1. The maximum atomic E-state index is 11.4. The van der Waals surface area contributed by atoms with Crippen LogP contribution in [0, 0.1) is 6.92 Å². The standard InChI is InChI=1S/C13H12O2/c1-9-8-12(10(2)14)13(15-9)11-6-4-3-5-7-11/h3-8H,1-2H3. The van der Waals surface area contributed by atoms with E-state index in [1.807, 2.05) is 37.3 Å². The molecule has 0 fully saturated rings. The summed E-state index contributed by atoms with van der Waals surface area (Å²) in [5.74, 6) is 1.46. The average Bonchev–Trinajstić information content (AvgIpc) is 2.62. The van der Waals surface area contributed by atoms with Crippen LogP contribution in [-0.4, -0.2) is 5.78 Å². The zero-order valence-corrected chi connectivity index (χ0v) is 8.78. The van der Waals surface area contributed by atoms with Gasteiger partial charge in [-0.3, -0.25) is 4.79 Å². The highest BCUT2D eigenvalue weighted by Gasteiger charge is 2.14. The van der Waals surface area contributed by atoms with E-state index in [1.54, 1.807) is 13.0 Å². The molecule has 76 valence electrons. The molecule has 0 bridgehead atoms. The van der Waals surface area contributed by atoms with Gasteiger partial charge in [-0.2, -0.15) is 0 Å². The molecule has 2 aromatic rings. The van der Waals surface area contributed by atoms with E-state index in [0.717, 1.165) is 11.3 Å². The van der Waals surface area contributed by atoms with Crippen molar-refractivity contribution in [2.24, 2.45) is 0 Å². The molecule has 1 aromatic carbocycles. The smallest absolute Gasteiger partial charge is 0.163 e. The number of benzene rings is 1. The molecule has 0 spiro atoms. The molecule has 2 nitrogen and oxygen atoms in total. The van der Waals surface area contributed by atoms with Gasteiger partial charge in [-0.15, -0.1) is 0 Å². The Balaban J connectivity index is 2.58. The van der Waals surface area contributed by atoms with E-state index < -0.39 is 0 Å². The van der Waals surface area contributed by atoms with Crippen molar-refractivity contribution in [3.8, 4) is 11.3 Å². The van der Waals surface area contributed by atoms with Gasteiger partial charge >= 0.3 is 0 Å². The van der Waals surface area contributed by atoms with Gasteiger partial charge in [-0.25, -0.2) is 0 Å². The molecule has 0 saturated carbocycles. The van der Waals surface area contributed by atoms with Crippen LogP contribution in [0.1, 0.15) is 23.0 Å². The van der Waals surface area contributed by atoms with E-state index in [-0.39, 0.29) is 5.78 Å². The predicted molar refractivity (Wildman–Crippen MR) is 58.9 cm³/mol. The van der Waals surface area contributed by atoms with Crippen molar-refractivity contribution in [1.82, 2.24) is 0 Å². The summed E-state index contributed by atoms with van der Waals surface area (Å²) in [5, 5.41) is 0. The topological polar surface area (TPSA) is 30.2 Å². The van der Waals surface area contributed by atoms with E-state index in [1.165, 1.54) is 0 Å². The zero-order chi connectivity index (χ0) is 10.8. The summed E-state index contributed by atoms with van der Waals surface area (Å²) in [6, 6.07) is 11.4. The Morgan fingerprint density at radius 1 is 1.20 bits per heavy atom. The highest BCUT2D eigenvalue weighted by atomic mass is 16.3. The number of aryl methyl sites for hydroxylation is 1. The minimum Gasteiger partial charge on any atom is -0.461 e. The minimum atomic E-state index is 0.0331. The summed E-state index contributed by atoms with van der Waals surface area (Å²) in [4.78, 5) is 11.4. The lowest BCUT2D eigenvalue weighted by molar-refractivity contribution is 0.101. The second-order valence-corrected chi connectivity index (χ2v) is 3.52. The van der Waals surface area contributed by atoms with Crippen LogP contribution in [0.15, 0.2) is 40.8 Å². The Kier molecular flexibility index (Phi) is 2.42. The maximum absolute atomic E-state index is 11.4. The molecule has 0 radical (unpaired) electrons. The Hall–Kier alpha value is -1.83. The van der Waals surface area contributed by atoms with Crippen LogP contribution in [0.25, 0.3) is 11.3 Å². The summed E-state index contributed by atoms with van der Waals surface area (Å²) >= 11 is 0. The predicted octanol–water partition coefficient (Wildman–Crippen LogP) is 3.46. The van der Waals surface area contributed by atoms with Crippen molar-refractivity contribution in [3.63, 3.8) is 0 Å². The van der Waals surface area contributed by atoms with E-state index in [9.17, 15) is 4.79 Å². The highest BCUT2D eigenvalue weighted by Crippen LogP contribution is 2.27. The van der Waals surface area contributed by atoms with Gasteiger partial charge in [0.25, 0.3) is 0 Å². The quantitative estimate of drug-likeness (QED) is 0.695. The normalized spacial score (nSPS) is 10.3. The number of hydrogen-bond donors (Lipinski definition) is 0. The fourth-order valence-corrected chi connectivity index (χ4v) is 1.58. The summed E-state index contributed by atoms with van der Waals surface area (Å²) in [7, 11) is 0. The molecule has 0 unspecified atom stereocenters. The maximum Gasteiger partial charge on any atom is 0.163 e. The molecule has 0 atom stereocenters. The molecule has 0 aliphatic rings. The van der Waals surface area contributed by atoms with Crippen LogP contribution in [-0.2, 0) is 0 Å². The fourth-order valence-electron chi connectivity index (χ4n) is 1.58. The van der Waals surface area contributed by atoms with E-state index in [4.69, 9.17) is 4.42 Å². The van der Waals surface area contributed by atoms with Gasteiger partial charge in [-0.05, 0) is 19.9 Å². The third kappa shape index (κ3) is 1.84. The molecule has 2 heteroatoms. The number of carbonyl (C=O) groups excluding carboxylic acids is 1. The summed E-state index contributed by atoms with van der Waals surface area (Å²) in [6.07, 6.45) is 0. The Labute approximate surface area is 88.5 Å². The van der Waals surface area contributed by atoms with Crippen LogP contribution in [0.2, 0.25) is 0 Å². The van der Waals surface area contributed by atoms with Gasteiger partial charge in [0.1, 0.15) is 11.5 Å². The van der Waals surface area contributed by atoms with Crippen LogP contribution in [0.3, 0.4) is 0 Å². The van der Waals surface area contributed by atoms with Crippen LogP contribution in [0.4, 0.5) is 0 Å². The first-order chi connectivity index (χ1) is 7.18. The van der Waals surface area contributed by atoms with E-state index in [0.29, 0.717) is 11.3 Å². The van der Waals surface area contributed by atoms with Gasteiger partial charge < -0.3 is 4.42 Å². The van der Waals surface area contributed by atoms with Crippen LogP contribution < -0.4 is 0 Å². The van der Waals surface area contributed by atoms with Crippen molar-refractivity contribution in [2.45, 2.75) is 13.8 Å². The minimum absolute atomic E-state index is 0.0331. The molecule has 1 heterocycles. The SMILES string of the molecule is CC(=O)c1cc(C)oc1-c1ccccc1.